The van der Waals surface area contributed by atoms with E-state index in [0.717, 1.165) is 10.0 Å². The summed E-state index contributed by atoms with van der Waals surface area (Å²) >= 11 is 3.41. The Morgan fingerprint density at radius 3 is 2.62 bits per heavy atom. The van der Waals surface area contributed by atoms with E-state index in [2.05, 4.69) is 15.9 Å². The van der Waals surface area contributed by atoms with Crippen molar-refractivity contribution < 1.29 is 13.5 Å². The van der Waals surface area contributed by atoms with Crippen LogP contribution in [0.25, 0.3) is 0 Å². The minimum absolute atomic E-state index is 0.0790. The summed E-state index contributed by atoms with van der Waals surface area (Å²) in [7, 11) is 1.56. The Morgan fingerprint density at radius 1 is 1.24 bits per heavy atom. The molecule has 0 aromatic heterocycles. The van der Waals surface area contributed by atoms with Gasteiger partial charge in [-0.1, -0.05) is 22.0 Å². The molecule has 2 rings (SSSR count). The normalized spacial score (nSPS) is 12.3. The molecule has 2 aromatic rings. The number of hydrogen-bond acceptors (Lipinski definition) is 2. The Labute approximate surface area is 131 Å². The summed E-state index contributed by atoms with van der Waals surface area (Å²) < 4.78 is 34.0. The average Bonchev–Trinajstić information content (AvgIpc) is 2.46. The van der Waals surface area contributed by atoms with Crippen LogP contribution in [0.1, 0.15) is 22.7 Å². The van der Waals surface area contributed by atoms with E-state index < -0.39 is 17.7 Å². The molecular weight excluding hydrogens is 340 g/mol. The second-order valence-corrected chi connectivity index (χ2v) is 5.71. The number of methoxy groups -OCH3 is 1. The van der Waals surface area contributed by atoms with E-state index in [4.69, 9.17) is 10.5 Å². The van der Waals surface area contributed by atoms with Crippen molar-refractivity contribution in [2.45, 2.75) is 19.4 Å². The number of halogens is 3. The lowest BCUT2D eigenvalue weighted by atomic mass is 9.97. The standard InChI is InChI=1S/C16H16BrF2NO/c1-9-3-6-13(18)15(16(9)19)14(20)8-10-7-11(21-2)4-5-12(10)17/h3-7,14H,8,20H2,1-2H3. The molecule has 0 heterocycles. The molecule has 2 aromatic carbocycles. The molecule has 0 spiro atoms. The highest BCUT2D eigenvalue weighted by atomic mass is 79.9. The van der Waals surface area contributed by atoms with Crippen molar-refractivity contribution in [3.63, 3.8) is 0 Å². The smallest absolute Gasteiger partial charge is 0.133 e. The van der Waals surface area contributed by atoms with E-state index in [1.165, 1.54) is 12.1 Å². The fourth-order valence-electron chi connectivity index (χ4n) is 2.19. The van der Waals surface area contributed by atoms with Gasteiger partial charge in [-0.2, -0.15) is 0 Å². The third-order valence-corrected chi connectivity index (χ3v) is 4.16. The number of nitrogens with two attached hydrogens (primary N) is 1. The van der Waals surface area contributed by atoms with Gasteiger partial charge in [0.1, 0.15) is 17.4 Å². The first-order valence-corrected chi connectivity index (χ1v) is 7.25. The van der Waals surface area contributed by atoms with Gasteiger partial charge in [0.15, 0.2) is 0 Å². The predicted molar refractivity (Wildman–Crippen MR) is 82.4 cm³/mol. The van der Waals surface area contributed by atoms with E-state index in [9.17, 15) is 8.78 Å². The third-order valence-electron chi connectivity index (χ3n) is 3.38. The van der Waals surface area contributed by atoms with Crippen molar-refractivity contribution in [2.75, 3.05) is 7.11 Å². The summed E-state index contributed by atoms with van der Waals surface area (Å²) in [5.74, 6) is -0.531. The molecule has 5 heteroatoms. The van der Waals surface area contributed by atoms with Crippen LogP contribution < -0.4 is 10.5 Å². The Morgan fingerprint density at radius 2 is 1.95 bits per heavy atom. The van der Waals surface area contributed by atoms with Gasteiger partial charge >= 0.3 is 0 Å². The van der Waals surface area contributed by atoms with Gasteiger partial charge in [0.2, 0.25) is 0 Å². The first-order valence-electron chi connectivity index (χ1n) is 6.46. The van der Waals surface area contributed by atoms with Gasteiger partial charge in [-0.3, -0.25) is 0 Å². The monoisotopic (exact) mass is 355 g/mol. The number of benzene rings is 2. The van der Waals surface area contributed by atoms with Crippen molar-refractivity contribution in [1.82, 2.24) is 0 Å². The van der Waals surface area contributed by atoms with Crippen LogP contribution in [0.5, 0.6) is 5.75 Å². The van der Waals surface area contributed by atoms with E-state index >= 15 is 0 Å². The second kappa shape index (κ2) is 6.54. The summed E-state index contributed by atoms with van der Waals surface area (Å²) in [5, 5.41) is 0. The molecule has 1 unspecified atom stereocenters. The van der Waals surface area contributed by atoms with E-state index in [-0.39, 0.29) is 5.56 Å². The molecule has 0 aliphatic carbocycles. The number of aryl methyl sites for hydroxylation is 1. The van der Waals surface area contributed by atoms with Gasteiger partial charge in [0.05, 0.1) is 7.11 Å². The zero-order valence-electron chi connectivity index (χ0n) is 11.8. The maximum atomic E-state index is 14.1. The summed E-state index contributed by atoms with van der Waals surface area (Å²) in [5.41, 5.74) is 7.15. The molecule has 0 aliphatic heterocycles. The largest absolute Gasteiger partial charge is 0.497 e. The fourth-order valence-corrected chi connectivity index (χ4v) is 2.60. The lowest BCUT2D eigenvalue weighted by Gasteiger charge is -2.16. The molecular formula is C16H16BrF2NO. The van der Waals surface area contributed by atoms with Gasteiger partial charge in [-0.25, -0.2) is 8.78 Å². The first-order chi connectivity index (χ1) is 9.93. The summed E-state index contributed by atoms with van der Waals surface area (Å²) in [6.07, 6.45) is 0.301. The highest BCUT2D eigenvalue weighted by molar-refractivity contribution is 9.10. The number of hydrogen-bond donors (Lipinski definition) is 1. The minimum atomic E-state index is -0.770. The topological polar surface area (TPSA) is 35.2 Å². The van der Waals surface area contributed by atoms with Crippen LogP contribution in [0.15, 0.2) is 34.8 Å². The Kier molecular flexibility index (Phi) is 4.96. The van der Waals surface area contributed by atoms with E-state index in [0.29, 0.717) is 17.7 Å². The summed E-state index contributed by atoms with van der Waals surface area (Å²) in [6.45, 7) is 1.59. The van der Waals surface area contributed by atoms with Crippen molar-refractivity contribution in [1.29, 1.82) is 0 Å². The fraction of sp³-hybridized carbons (Fsp3) is 0.250. The van der Waals surface area contributed by atoms with Crippen LogP contribution in [0.4, 0.5) is 8.78 Å². The highest BCUT2D eigenvalue weighted by Crippen LogP contribution is 2.29. The molecule has 112 valence electrons. The molecule has 2 N–H and O–H groups in total. The lowest BCUT2D eigenvalue weighted by molar-refractivity contribution is 0.414. The van der Waals surface area contributed by atoms with Crippen LogP contribution in [-0.2, 0) is 6.42 Å². The predicted octanol–water partition coefficient (Wildman–Crippen LogP) is 4.29. The zero-order valence-corrected chi connectivity index (χ0v) is 13.4. The summed E-state index contributed by atoms with van der Waals surface area (Å²) in [4.78, 5) is 0. The van der Waals surface area contributed by atoms with Gasteiger partial charge in [0.25, 0.3) is 0 Å². The van der Waals surface area contributed by atoms with Gasteiger partial charge < -0.3 is 10.5 Å². The summed E-state index contributed by atoms with van der Waals surface area (Å²) in [6, 6.07) is 7.30. The van der Waals surface area contributed by atoms with Gasteiger partial charge in [-0.05, 0) is 48.7 Å². The quantitative estimate of drug-likeness (QED) is 0.887. The van der Waals surface area contributed by atoms with Crippen LogP contribution in [0.3, 0.4) is 0 Å². The van der Waals surface area contributed by atoms with E-state index in [1.54, 1.807) is 26.2 Å². The zero-order chi connectivity index (χ0) is 15.6. The molecule has 0 fully saturated rings. The molecule has 0 aliphatic rings. The SMILES string of the molecule is COc1ccc(Br)c(CC(N)c2c(F)ccc(C)c2F)c1. The Bertz CT molecular complexity index is 661. The molecule has 21 heavy (non-hydrogen) atoms. The molecule has 0 saturated carbocycles. The van der Waals surface area contributed by atoms with Crippen molar-refractivity contribution >= 4 is 15.9 Å². The van der Waals surface area contributed by atoms with Crippen molar-refractivity contribution in [3.8, 4) is 5.75 Å². The van der Waals surface area contributed by atoms with Crippen LogP contribution >= 0.6 is 15.9 Å². The van der Waals surface area contributed by atoms with Crippen LogP contribution in [0, 0.1) is 18.6 Å². The first kappa shape index (κ1) is 15.9. The number of rotatable bonds is 4. The minimum Gasteiger partial charge on any atom is -0.497 e. The number of ether oxygens (including phenoxy) is 1. The van der Waals surface area contributed by atoms with E-state index in [1.807, 2.05) is 6.07 Å². The average molecular weight is 356 g/mol. The third kappa shape index (κ3) is 3.41. The van der Waals surface area contributed by atoms with Crippen LogP contribution in [-0.4, -0.2) is 7.11 Å². The lowest BCUT2D eigenvalue weighted by Crippen LogP contribution is -2.18. The van der Waals surface area contributed by atoms with Crippen molar-refractivity contribution in [3.05, 3.63) is 63.1 Å². The second-order valence-electron chi connectivity index (χ2n) is 4.86. The maximum Gasteiger partial charge on any atom is 0.133 e. The molecule has 0 radical (unpaired) electrons. The van der Waals surface area contributed by atoms with Gasteiger partial charge in [0, 0.05) is 16.1 Å². The Balaban J connectivity index is 2.34. The molecule has 0 amide bonds. The molecule has 0 bridgehead atoms. The molecule has 0 saturated heterocycles. The van der Waals surface area contributed by atoms with Gasteiger partial charge in [-0.15, -0.1) is 0 Å². The maximum absolute atomic E-state index is 14.1. The molecule has 2 nitrogen and oxygen atoms in total. The van der Waals surface area contributed by atoms with Crippen molar-refractivity contribution in [2.24, 2.45) is 5.73 Å². The molecule has 1 atom stereocenters. The van der Waals surface area contributed by atoms with Crippen LogP contribution in [0.2, 0.25) is 0 Å². The Hall–Kier alpha value is -1.46. The highest BCUT2D eigenvalue weighted by Gasteiger charge is 2.19.